The van der Waals surface area contributed by atoms with Gasteiger partial charge in [0.25, 0.3) is 0 Å². The Morgan fingerprint density at radius 2 is 1.07 bits per heavy atom. The van der Waals surface area contributed by atoms with E-state index in [4.69, 9.17) is 14.2 Å². The van der Waals surface area contributed by atoms with Gasteiger partial charge >= 0.3 is 0 Å². The Balaban J connectivity index is -0.000000370. The molecule has 180 valence electrons. The van der Waals surface area contributed by atoms with Crippen LogP contribution >= 0.6 is 0 Å². The van der Waals surface area contributed by atoms with Gasteiger partial charge in [-0.1, -0.05) is 68.2 Å². The summed E-state index contributed by atoms with van der Waals surface area (Å²) in [6.07, 6.45) is 6.22. The first kappa shape index (κ1) is 33.5. The first-order valence-electron chi connectivity index (χ1n) is 12.0. The van der Waals surface area contributed by atoms with E-state index in [0.717, 1.165) is 63.8 Å². The molecule has 0 rings (SSSR count). The van der Waals surface area contributed by atoms with E-state index < -0.39 is 0 Å². The molecule has 0 aromatic carbocycles. The van der Waals surface area contributed by atoms with Crippen LogP contribution in [0, 0.1) is 17.8 Å². The van der Waals surface area contributed by atoms with Crippen molar-refractivity contribution in [3.8, 4) is 0 Å². The monoisotopic (exact) mass is 419 g/mol. The van der Waals surface area contributed by atoms with Crippen molar-refractivity contribution in [2.75, 3.05) is 60.3 Å². The summed E-state index contributed by atoms with van der Waals surface area (Å²) in [5.41, 5.74) is 0. The molecule has 0 saturated heterocycles. The maximum atomic E-state index is 5.54. The van der Waals surface area contributed by atoms with E-state index in [-0.39, 0.29) is 0 Å². The number of hydrogen-bond acceptors (Lipinski definition) is 4. The van der Waals surface area contributed by atoms with Crippen molar-refractivity contribution in [3.63, 3.8) is 0 Å². The van der Waals surface area contributed by atoms with Gasteiger partial charge in [0, 0.05) is 40.6 Å². The summed E-state index contributed by atoms with van der Waals surface area (Å²) < 4.78 is 15.3. The Morgan fingerprint density at radius 1 is 0.586 bits per heavy atom. The lowest BCUT2D eigenvalue weighted by Gasteiger charge is -2.17. The number of hydrogen-bond donors (Lipinski definition) is 0. The number of rotatable bonds is 16. The third-order valence-electron chi connectivity index (χ3n) is 4.57. The Kier molecular flexibility index (Phi) is 32.1. The fourth-order valence-electron chi connectivity index (χ4n) is 2.31. The summed E-state index contributed by atoms with van der Waals surface area (Å²) in [6.45, 7) is 24.7. The molecule has 0 unspecified atom stereocenters. The lowest BCUT2D eigenvalue weighted by molar-refractivity contribution is 0.0991. The Labute approximate surface area is 185 Å². The molecular formula is C25H57NO3. The molecule has 0 bridgehead atoms. The quantitative estimate of drug-likeness (QED) is 0.266. The number of ether oxygens (including phenoxy) is 3. The van der Waals surface area contributed by atoms with E-state index in [1.165, 1.54) is 32.1 Å². The molecule has 0 atom stereocenters. The highest BCUT2D eigenvalue weighted by Gasteiger charge is 1.98. The normalized spacial score (nSPS) is 11.0. The molecule has 0 fully saturated rings. The van der Waals surface area contributed by atoms with E-state index in [0.29, 0.717) is 0 Å². The molecule has 0 spiro atoms. The second kappa shape index (κ2) is 27.8. The van der Waals surface area contributed by atoms with Crippen LogP contribution in [0.1, 0.15) is 87.5 Å². The molecular weight excluding hydrogens is 362 g/mol. The van der Waals surface area contributed by atoms with Gasteiger partial charge < -0.3 is 19.1 Å². The zero-order valence-electron chi connectivity index (χ0n) is 21.9. The predicted molar refractivity (Wildman–Crippen MR) is 130 cm³/mol. The van der Waals surface area contributed by atoms with Crippen LogP contribution in [0.4, 0.5) is 0 Å². The van der Waals surface area contributed by atoms with Crippen LogP contribution in [0.15, 0.2) is 0 Å². The smallest absolute Gasteiger partial charge is 0.0593 e. The second-order valence-electron chi connectivity index (χ2n) is 8.88. The van der Waals surface area contributed by atoms with Crippen LogP contribution in [0.25, 0.3) is 0 Å². The highest BCUT2D eigenvalue weighted by atomic mass is 16.5. The third kappa shape index (κ3) is 39.0. The van der Waals surface area contributed by atoms with Crippen LogP contribution in [0.5, 0.6) is 0 Å². The van der Waals surface area contributed by atoms with Crippen molar-refractivity contribution in [1.82, 2.24) is 4.90 Å². The third-order valence-corrected chi connectivity index (χ3v) is 4.57. The number of nitrogens with zero attached hydrogens (tertiary/aromatic N) is 1. The summed E-state index contributed by atoms with van der Waals surface area (Å²) in [7, 11) is 3.50. The van der Waals surface area contributed by atoms with Crippen LogP contribution in [-0.4, -0.2) is 65.2 Å². The van der Waals surface area contributed by atoms with Gasteiger partial charge in [-0.25, -0.2) is 0 Å². The van der Waals surface area contributed by atoms with E-state index >= 15 is 0 Å². The summed E-state index contributed by atoms with van der Waals surface area (Å²) in [5.74, 6) is 2.38. The minimum atomic E-state index is 0.758. The van der Waals surface area contributed by atoms with Crippen LogP contribution in [-0.2, 0) is 14.2 Å². The second-order valence-corrected chi connectivity index (χ2v) is 8.88. The van der Waals surface area contributed by atoms with Crippen molar-refractivity contribution in [1.29, 1.82) is 0 Å². The fourth-order valence-corrected chi connectivity index (χ4v) is 2.31. The van der Waals surface area contributed by atoms with Gasteiger partial charge in [0.1, 0.15) is 0 Å². The molecule has 0 amide bonds. The van der Waals surface area contributed by atoms with Crippen molar-refractivity contribution in [2.45, 2.75) is 87.5 Å². The lowest BCUT2D eigenvalue weighted by Crippen LogP contribution is -2.27. The van der Waals surface area contributed by atoms with Gasteiger partial charge in [-0.15, -0.1) is 0 Å². The zero-order valence-corrected chi connectivity index (χ0v) is 21.9. The van der Waals surface area contributed by atoms with Gasteiger partial charge in [0.15, 0.2) is 0 Å². The highest BCUT2D eigenvalue weighted by molar-refractivity contribution is 4.51. The minimum Gasteiger partial charge on any atom is -0.385 e. The van der Waals surface area contributed by atoms with Crippen molar-refractivity contribution in [2.24, 2.45) is 17.8 Å². The number of unbranched alkanes of at least 4 members (excludes halogenated alkanes) is 1. The summed E-state index contributed by atoms with van der Waals surface area (Å²) in [5, 5.41) is 0. The maximum absolute atomic E-state index is 5.54. The molecule has 29 heavy (non-hydrogen) atoms. The average molecular weight is 420 g/mol. The maximum Gasteiger partial charge on any atom is 0.0593 e. The molecule has 0 aromatic rings. The number of methoxy groups -OCH3 is 2. The number of likely N-dealkylation sites (N-methyl/N-ethyl adjacent to an activating group) is 1. The molecule has 4 heteroatoms. The van der Waals surface area contributed by atoms with Crippen molar-refractivity contribution in [3.05, 3.63) is 0 Å². The largest absolute Gasteiger partial charge is 0.385 e. The fraction of sp³-hybridized carbons (Fsp3) is 1.00. The van der Waals surface area contributed by atoms with Gasteiger partial charge in [0.2, 0.25) is 0 Å². The molecule has 0 aliphatic carbocycles. The van der Waals surface area contributed by atoms with E-state index in [9.17, 15) is 0 Å². The lowest BCUT2D eigenvalue weighted by atomic mass is 10.1. The first-order chi connectivity index (χ1) is 13.7. The molecule has 0 aliphatic rings. The summed E-state index contributed by atoms with van der Waals surface area (Å²) in [6, 6.07) is 0. The van der Waals surface area contributed by atoms with Gasteiger partial charge in [0.05, 0.1) is 6.61 Å². The van der Waals surface area contributed by atoms with Gasteiger partial charge in [-0.3, -0.25) is 0 Å². The van der Waals surface area contributed by atoms with Gasteiger partial charge in [-0.2, -0.15) is 0 Å². The first-order valence-corrected chi connectivity index (χ1v) is 12.0. The molecule has 0 aromatic heterocycles. The standard InChI is InChI=1S/C11H25NO.C8H18O.C6H14O/c1-5-12(6-2)8-10-13-9-7-11(3)4;1-8(2)6-4-5-7-9-3;1-6(2)4-5-7-3/h11H,5-10H2,1-4H3;8H,4-7H2,1-3H3;6H,4-5H2,1-3H3. The van der Waals surface area contributed by atoms with Crippen LogP contribution < -0.4 is 0 Å². The van der Waals surface area contributed by atoms with Crippen LogP contribution in [0.3, 0.4) is 0 Å². The summed E-state index contributed by atoms with van der Waals surface area (Å²) in [4.78, 5) is 2.38. The Hall–Kier alpha value is -0.160. The zero-order chi connectivity index (χ0) is 22.9. The molecule has 4 nitrogen and oxygen atoms in total. The Morgan fingerprint density at radius 3 is 1.45 bits per heavy atom. The van der Waals surface area contributed by atoms with E-state index in [1.807, 2.05) is 0 Å². The molecule has 0 heterocycles. The van der Waals surface area contributed by atoms with E-state index in [1.54, 1.807) is 14.2 Å². The molecule has 0 saturated carbocycles. The molecule has 0 N–H and O–H groups in total. The topological polar surface area (TPSA) is 30.9 Å². The van der Waals surface area contributed by atoms with Crippen LogP contribution in [0.2, 0.25) is 0 Å². The predicted octanol–water partition coefficient (Wildman–Crippen LogP) is 6.53. The van der Waals surface area contributed by atoms with Gasteiger partial charge in [-0.05, 0) is 50.1 Å². The highest BCUT2D eigenvalue weighted by Crippen LogP contribution is 2.05. The van der Waals surface area contributed by atoms with Crippen molar-refractivity contribution >= 4 is 0 Å². The van der Waals surface area contributed by atoms with Crippen molar-refractivity contribution < 1.29 is 14.2 Å². The average Bonchev–Trinajstić information content (AvgIpc) is 2.67. The molecule has 0 radical (unpaired) electrons. The SMILES string of the molecule is CCN(CC)CCOCCC(C)C.COCCC(C)C.COCCCCC(C)C. The summed E-state index contributed by atoms with van der Waals surface area (Å²) >= 11 is 0. The van der Waals surface area contributed by atoms with E-state index in [2.05, 4.69) is 60.3 Å². The molecule has 0 aliphatic heterocycles. The Bertz CT molecular complexity index is 267. The minimum absolute atomic E-state index is 0.758.